The molecule has 0 aliphatic rings. The van der Waals surface area contributed by atoms with Crippen LogP contribution in [-0.4, -0.2) is 9.13 Å². The zero-order valence-electron chi connectivity index (χ0n) is 28.7. The lowest BCUT2D eigenvalue weighted by Crippen LogP contribution is -1.94. The van der Waals surface area contributed by atoms with Gasteiger partial charge in [-0.25, -0.2) is 0 Å². The van der Waals surface area contributed by atoms with Crippen molar-refractivity contribution in [2.75, 3.05) is 0 Å². The van der Waals surface area contributed by atoms with Crippen molar-refractivity contribution < 1.29 is 0 Å². The Hall–Kier alpha value is -6.61. The predicted molar refractivity (Wildman–Crippen MR) is 226 cm³/mol. The maximum atomic E-state index is 7.16. The molecule has 3 heteroatoms. The summed E-state index contributed by atoms with van der Waals surface area (Å²) in [4.78, 5) is 0. The number of benzene rings is 9. The van der Waals surface area contributed by atoms with Gasteiger partial charge in [0.1, 0.15) is 0 Å². The SMILES string of the molecule is Clc1cc(-c2cc3c(c4ccccc24)c2ccccc2n3-c2ccccc2)cc(-c2cc3c(c4ccccc24)c2ccccc2n3-c2ccccc2)c1. The van der Waals surface area contributed by atoms with E-state index in [1.54, 1.807) is 0 Å². The van der Waals surface area contributed by atoms with Crippen LogP contribution in [0.2, 0.25) is 5.02 Å². The maximum absolute atomic E-state index is 7.16. The van der Waals surface area contributed by atoms with Crippen LogP contribution in [0.15, 0.2) is 188 Å². The van der Waals surface area contributed by atoms with Gasteiger partial charge in [0.05, 0.1) is 22.1 Å². The van der Waals surface area contributed by atoms with E-state index in [2.05, 4.69) is 197 Å². The summed E-state index contributed by atoms with van der Waals surface area (Å²) >= 11 is 7.16. The van der Waals surface area contributed by atoms with E-state index in [0.29, 0.717) is 5.02 Å². The number of hydrogen-bond donors (Lipinski definition) is 0. The van der Waals surface area contributed by atoms with Gasteiger partial charge in [-0.15, -0.1) is 0 Å². The molecule has 248 valence electrons. The van der Waals surface area contributed by atoms with E-state index < -0.39 is 0 Å². The quantitative estimate of drug-likeness (QED) is 0.174. The Morgan fingerprint density at radius 1 is 0.302 bits per heavy atom. The Morgan fingerprint density at radius 2 is 0.660 bits per heavy atom. The third-order valence-corrected chi connectivity index (χ3v) is 11.1. The van der Waals surface area contributed by atoms with E-state index in [1.807, 2.05) is 0 Å². The van der Waals surface area contributed by atoms with Gasteiger partial charge >= 0.3 is 0 Å². The van der Waals surface area contributed by atoms with Crippen molar-refractivity contribution in [1.29, 1.82) is 0 Å². The van der Waals surface area contributed by atoms with Crippen LogP contribution in [0.25, 0.3) is 98.8 Å². The Labute approximate surface area is 311 Å². The molecular weight excluding hydrogens is 664 g/mol. The first-order valence-electron chi connectivity index (χ1n) is 18.0. The summed E-state index contributed by atoms with van der Waals surface area (Å²) in [6.45, 7) is 0. The molecule has 0 bridgehead atoms. The van der Waals surface area contributed by atoms with Crippen molar-refractivity contribution in [2.24, 2.45) is 0 Å². The summed E-state index contributed by atoms with van der Waals surface area (Å²) < 4.78 is 4.80. The van der Waals surface area contributed by atoms with Crippen molar-refractivity contribution in [3.63, 3.8) is 0 Å². The second kappa shape index (κ2) is 11.7. The summed E-state index contributed by atoms with van der Waals surface area (Å²) in [7, 11) is 0. The molecule has 0 unspecified atom stereocenters. The van der Waals surface area contributed by atoms with Gasteiger partial charge in [-0.1, -0.05) is 133 Å². The molecule has 11 aromatic rings. The van der Waals surface area contributed by atoms with E-state index in [0.717, 1.165) is 33.6 Å². The summed E-state index contributed by atoms with van der Waals surface area (Å²) in [5.74, 6) is 0. The molecule has 0 aliphatic heterocycles. The second-order valence-electron chi connectivity index (χ2n) is 13.8. The molecule has 0 saturated carbocycles. The Balaban J connectivity index is 1.22. The van der Waals surface area contributed by atoms with Crippen LogP contribution < -0.4 is 0 Å². The molecule has 2 heterocycles. The van der Waals surface area contributed by atoms with Gasteiger partial charge in [-0.3, -0.25) is 0 Å². The molecule has 0 aliphatic carbocycles. The lowest BCUT2D eigenvalue weighted by atomic mass is 9.91. The highest BCUT2D eigenvalue weighted by atomic mass is 35.5. The lowest BCUT2D eigenvalue weighted by Gasteiger charge is -2.15. The smallest absolute Gasteiger partial charge is 0.0553 e. The highest BCUT2D eigenvalue weighted by Crippen LogP contribution is 2.45. The summed E-state index contributed by atoms with van der Waals surface area (Å²) in [5, 5.41) is 10.6. The molecule has 0 N–H and O–H groups in total. The summed E-state index contributed by atoms with van der Waals surface area (Å²) in [6.07, 6.45) is 0. The highest BCUT2D eigenvalue weighted by molar-refractivity contribution is 6.32. The molecular formula is C50H31ClN2. The molecule has 53 heavy (non-hydrogen) atoms. The molecule has 0 spiro atoms. The minimum Gasteiger partial charge on any atom is -0.309 e. The Morgan fingerprint density at radius 3 is 1.09 bits per heavy atom. The summed E-state index contributed by atoms with van der Waals surface area (Å²) in [5.41, 5.74) is 11.5. The van der Waals surface area contributed by atoms with Crippen LogP contribution >= 0.6 is 11.6 Å². The average Bonchev–Trinajstić information content (AvgIpc) is 3.74. The van der Waals surface area contributed by atoms with Crippen LogP contribution in [0, 0.1) is 0 Å². The fourth-order valence-electron chi connectivity index (χ4n) is 8.75. The normalized spacial score (nSPS) is 11.9. The van der Waals surface area contributed by atoms with Crippen molar-refractivity contribution in [3.8, 4) is 33.6 Å². The van der Waals surface area contributed by atoms with Gasteiger partial charge in [-0.2, -0.15) is 0 Å². The molecule has 2 nitrogen and oxygen atoms in total. The minimum atomic E-state index is 0.707. The molecule has 0 atom stereocenters. The van der Waals surface area contributed by atoms with Crippen LogP contribution in [0.4, 0.5) is 0 Å². The van der Waals surface area contributed by atoms with Gasteiger partial charge in [0.15, 0.2) is 0 Å². The fraction of sp³-hybridized carbons (Fsp3) is 0. The first-order chi connectivity index (χ1) is 26.2. The van der Waals surface area contributed by atoms with E-state index in [9.17, 15) is 0 Å². The van der Waals surface area contributed by atoms with Crippen LogP contribution in [0.5, 0.6) is 0 Å². The number of fused-ring (bicyclic) bond motifs is 10. The monoisotopic (exact) mass is 694 g/mol. The van der Waals surface area contributed by atoms with E-state index >= 15 is 0 Å². The third kappa shape index (κ3) is 4.53. The van der Waals surface area contributed by atoms with Crippen molar-refractivity contribution in [1.82, 2.24) is 9.13 Å². The first kappa shape index (κ1) is 30.1. The Bertz CT molecular complexity index is 3010. The third-order valence-electron chi connectivity index (χ3n) is 10.9. The zero-order valence-corrected chi connectivity index (χ0v) is 29.4. The van der Waals surface area contributed by atoms with Crippen molar-refractivity contribution in [2.45, 2.75) is 0 Å². The first-order valence-corrected chi connectivity index (χ1v) is 18.4. The molecule has 2 aromatic heterocycles. The van der Waals surface area contributed by atoms with Crippen molar-refractivity contribution >= 4 is 76.8 Å². The number of aromatic nitrogens is 2. The minimum absolute atomic E-state index is 0.707. The van der Waals surface area contributed by atoms with Gasteiger partial charge in [0, 0.05) is 37.9 Å². The number of hydrogen-bond acceptors (Lipinski definition) is 0. The topological polar surface area (TPSA) is 9.86 Å². The number of nitrogens with zero attached hydrogens (tertiary/aromatic N) is 2. The molecule has 11 rings (SSSR count). The van der Waals surface area contributed by atoms with E-state index in [-0.39, 0.29) is 0 Å². The number of rotatable bonds is 4. The van der Waals surface area contributed by atoms with Gasteiger partial charge in [-0.05, 0) is 111 Å². The lowest BCUT2D eigenvalue weighted by molar-refractivity contribution is 1.18. The fourth-order valence-corrected chi connectivity index (χ4v) is 8.98. The largest absolute Gasteiger partial charge is 0.309 e. The van der Waals surface area contributed by atoms with Crippen LogP contribution in [-0.2, 0) is 0 Å². The molecule has 0 radical (unpaired) electrons. The summed E-state index contributed by atoms with van der Waals surface area (Å²) in [6, 6.07) is 67.8. The van der Waals surface area contributed by atoms with Gasteiger partial charge in [0.25, 0.3) is 0 Å². The van der Waals surface area contributed by atoms with Crippen molar-refractivity contribution in [3.05, 3.63) is 193 Å². The number of para-hydroxylation sites is 4. The molecule has 0 saturated heterocycles. The Kier molecular flexibility index (Phi) is 6.64. The van der Waals surface area contributed by atoms with Crippen LogP contribution in [0.3, 0.4) is 0 Å². The standard InChI is InChI=1S/C50H31ClN2/c51-34-28-32(43-30-47-49(39-21-9-7-19-37(39)43)41-23-11-13-25-45(41)52(47)35-15-3-1-4-16-35)27-33(29-34)44-31-48-50(40-22-10-8-20-38(40)44)42-24-12-14-26-46(42)53(48)36-17-5-2-6-18-36/h1-31H. The second-order valence-corrected chi connectivity index (χ2v) is 14.3. The molecule has 0 amide bonds. The maximum Gasteiger partial charge on any atom is 0.0553 e. The zero-order chi connectivity index (χ0) is 35.0. The average molecular weight is 695 g/mol. The van der Waals surface area contributed by atoms with Crippen LogP contribution in [0.1, 0.15) is 0 Å². The van der Waals surface area contributed by atoms with E-state index in [1.165, 1.54) is 65.2 Å². The number of halogens is 1. The molecule has 0 fully saturated rings. The molecule has 9 aromatic carbocycles. The predicted octanol–water partition coefficient (Wildman–Crippen LogP) is 14.2. The van der Waals surface area contributed by atoms with Gasteiger partial charge < -0.3 is 9.13 Å². The highest BCUT2D eigenvalue weighted by Gasteiger charge is 2.21. The van der Waals surface area contributed by atoms with E-state index in [4.69, 9.17) is 11.6 Å². The van der Waals surface area contributed by atoms with Gasteiger partial charge in [0.2, 0.25) is 0 Å².